The van der Waals surface area contributed by atoms with Crippen molar-refractivity contribution in [1.82, 2.24) is 0 Å². The molecule has 130 valence electrons. The van der Waals surface area contributed by atoms with Crippen LogP contribution in [-0.2, 0) is 11.3 Å². The molecule has 0 saturated carbocycles. The van der Waals surface area contributed by atoms with Crippen molar-refractivity contribution in [3.8, 4) is 5.75 Å². The van der Waals surface area contributed by atoms with Crippen LogP contribution < -0.4 is 10.1 Å². The Kier molecular flexibility index (Phi) is 5.31. The molecule has 0 unspecified atom stereocenters. The molecule has 0 aliphatic heterocycles. The van der Waals surface area contributed by atoms with E-state index in [4.69, 9.17) is 9.47 Å². The van der Waals surface area contributed by atoms with Crippen LogP contribution in [0.5, 0.6) is 5.75 Å². The quantitative estimate of drug-likeness (QED) is 0.685. The van der Waals surface area contributed by atoms with Crippen molar-refractivity contribution < 1.29 is 18.7 Å². The summed E-state index contributed by atoms with van der Waals surface area (Å²) in [4.78, 5) is 13.1. The number of benzene rings is 2. The first-order valence-corrected chi connectivity index (χ1v) is 8.68. The van der Waals surface area contributed by atoms with Gasteiger partial charge < -0.3 is 14.8 Å². The summed E-state index contributed by atoms with van der Waals surface area (Å²) in [5, 5.41) is 3.29. The molecule has 4 nitrogen and oxygen atoms in total. The smallest absolute Gasteiger partial charge is 0.266 e. The predicted octanol–water partition coefficient (Wildman–Crippen LogP) is 4.84. The summed E-state index contributed by atoms with van der Waals surface area (Å²) in [6.45, 7) is 2.67. The van der Waals surface area contributed by atoms with Gasteiger partial charge in [0.15, 0.2) is 0 Å². The fourth-order valence-corrected chi connectivity index (χ4v) is 3.74. The van der Waals surface area contributed by atoms with Crippen LogP contribution in [0.4, 0.5) is 10.1 Å². The average molecular weight is 359 g/mol. The van der Waals surface area contributed by atoms with E-state index in [1.165, 1.54) is 24.5 Å². The van der Waals surface area contributed by atoms with Gasteiger partial charge in [-0.15, -0.1) is 11.3 Å². The summed E-state index contributed by atoms with van der Waals surface area (Å²) >= 11 is 1.26. The van der Waals surface area contributed by atoms with Crippen LogP contribution in [0.2, 0.25) is 0 Å². The summed E-state index contributed by atoms with van der Waals surface area (Å²) < 4.78 is 25.5. The molecule has 6 heteroatoms. The Morgan fingerprint density at radius 2 is 1.96 bits per heavy atom. The van der Waals surface area contributed by atoms with Gasteiger partial charge in [-0.3, -0.25) is 4.79 Å². The number of hydrogen-bond acceptors (Lipinski definition) is 4. The topological polar surface area (TPSA) is 47.6 Å². The Hall–Kier alpha value is -2.44. The van der Waals surface area contributed by atoms with E-state index < -0.39 is 0 Å². The minimum Gasteiger partial charge on any atom is -0.494 e. The van der Waals surface area contributed by atoms with E-state index in [-0.39, 0.29) is 18.3 Å². The van der Waals surface area contributed by atoms with Crippen molar-refractivity contribution in [2.75, 3.05) is 19.0 Å². The summed E-state index contributed by atoms with van der Waals surface area (Å²) in [6, 6.07) is 12.0. The van der Waals surface area contributed by atoms with Gasteiger partial charge in [-0.2, -0.15) is 0 Å². The average Bonchev–Trinajstić information content (AvgIpc) is 2.97. The van der Waals surface area contributed by atoms with Gasteiger partial charge in [-0.1, -0.05) is 6.07 Å². The highest BCUT2D eigenvalue weighted by molar-refractivity contribution is 7.21. The van der Waals surface area contributed by atoms with E-state index in [9.17, 15) is 9.18 Å². The molecule has 1 heterocycles. The highest BCUT2D eigenvalue weighted by Crippen LogP contribution is 2.34. The maximum atomic E-state index is 14.2. The molecule has 0 bridgehead atoms. The zero-order valence-corrected chi connectivity index (χ0v) is 14.8. The van der Waals surface area contributed by atoms with Crippen LogP contribution in [0.1, 0.15) is 22.2 Å². The fourth-order valence-electron chi connectivity index (χ4n) is 2.62. The van der Waals surface area contributed by atoms with Gasteiger partial charge in [0.05, 0.1) is 18.1 Å². The van der Waals surface area contributed by atoms with Gasteiger partial charge in [0, 0.05) is 28.4 Å². The number of nitrogens with one attached hydrogen (secondary N) is 1. The monoisotopic (exact) mass is 359 g/mol. The zero-order valence-electron chi connectivity index (χ0n) is 14.0. The lowest BCUT2D eigenvalue weighted by molar-refractivity contribution is 0.102. The summed E-state index contributed by atoms with van der Waals surface area (Å²) in [7, 11) is 1.53. The van der Waals surface area contributed by atoms with Crippen LogP contribution in [0.25, 0.3) is 10.1 Å². The van der Waals surface area contributed by atoms with Gasteiger partial charge in [-0.05, 0) is 43.3 Å². The van der Waals surface area contributed by atoms with Gasteiger partial charge in [0.25, 0.3) is 5.91 Å². The standard InChI is InChI=1S/C19H18FNO3S/c1-3-24-13-9-7-12(8-10-13)21-19(22)18-14(11-23-2)17-15(20)5-4-6-16(17)25-18/h4-10H,3,11H2,1-2H3,(H,21,22). The Labute approximate surface area is 149 Å². The highest BCUT2D eigenvalue weighted by Gasteiger charge is 2.20. The second kappa shape index (κ2) is 7.63. The lowest BCUT2D eigenvalue weighted by Crippen LogP contribution is -2.12. The van der Waals surface area contributed by atoms with Crippen LogP contribution >= 0.6 is 11.3 Å². The van der Waals surface area contributed by atoms with Crippen molar-refractivity contribution in [1.29, 1.82) is 0 Å². The van der Waals surface area contributed by atoms with Gasteiger partial charge in [0.1, 0.15) is 11.6 Å². The number of fused-ring (bicyclic) bond motifs is 1. The Balaban J connectivity index is 1.91. The molecule has 0 aliphatic rings. The molecule has 2 aromatic carbocycles. The number of methoxy groups -OCH3 is 1. The fraction of sp³-hybridized carbons (Fsp3) is 0.211. The van der Waals surface area contributed by atoms with Crippen LogP contribution in [0, 0.1) is 5.82 Å². The number of carbonyl (C=O) groups is 1. The van der Waals surface area contributed by atoms with Gasteiger partial charge in [-0.25, -0.2) is 4.39 Å². The molecule has 3 rings (SSSR count). The third-order valence-corrected chi connectivity index (χ3v) is 4.88. The third kappa shape index (κ3) is 3.65. The SMILES string of the molecule is CCOc1ccc(NC(=O)c2sc3cccc(F)c3c2COC)cc1. The van der Waals surface area contributed by atoms with Gasteiger partial charge in [0.2, 0.25) is 0 Å². The van der Waals surface area contributed by atoms with E-state index in [0.717, 1.165) is 10.4 Å². The normalized spacial score (nSPS) is 10.8. The van der Waals surface area contributed by atoms with E-state index in [0.29, 0.717) is 28.1 Å². The molecule has 1 amide bonds. The first-order chi connectivity index (χ1) is 12.1. The minimum atomic E-state index is -0.346. The van der Waals surface area contributed by atoms with Crippen LogP contribution in [0.3, 0.4) is 0 Å². The number of thiophene rings is 1. The molecule has 0 atom stereocenters. The molecule has 0 aliphatic carbocycles. The van der Waals surface area contributed by atoms with Crippen molar-refractivity contribution in [2.24, 2.45) is 0 Å². The zero-order chi connectivity index (χ0) is 17.8. The Morgan fingerprint density at radius 3 is 2.64 bits per heavy atom. The maximum Gasteiger partial charge on any atom is 0.266 e. The van der Waals surface area contributed by atoms with Gasteiger partial charge >= 0.3 is 0 Å². The third-order valence-electron chi connectivity index (χ3n) is 3.68. The molecule has 0 fully saturated rings. The second-order valence-corrected chi connectivity index (χ2v) is 6.42. The van der Waals surface area contributed by atoms with E-state index in [1.54, 1.807) is 36.4 Å². The molecule has 25 heavy (non-hydrogen) atoms. The molecular weight excluding hydrogens is 341 g/mol. The van der Waals surface area contributed by atoms with Crippen molar-refractivity contribution in [2.45, 2.75) is 13.5 Å². The molecule has 0 radical (unpaired) electrons. The first-order valence-electron chi connectivity index (χ1n) is 7.87. The number of rotatable bonds is 6. The highest BCUT2D eigenvalue weighted by atomic mass is 32.1. The van der Waals surface area contributed by atoms with Crippen LogP contribution in [-0.4, -0.2) is 19.6 Å². The Bertz CT molecular complexity index is 890. The predicted molar refractivity (Wildman–Crippen MR) is 98.1 cm³/mol. The van der Waals surface area contributed by atoms with E-state index in [1.807, 2.05) is 6.92 Å². The summed E-state index contributed by atoms with van der Waals surface area (Å²) in [5.41, 5.74) is 1.22. The molecule has 1 aromatic heterocycles. The molecule has 0 spiro atoms. The molecule has 0 saturated heterocycles. The number of carbonyl (C=O) groups excluding carboxylic acids is 1. The molecule has 1 N–H and O–H groups in total. The van der Waals surface area contributed by atoms with E-state index in [2.05, 4.69) is 5.32 Å². The first kappa shape index (κ1) is 17.4. The largest absolute Gasteiger partial charge is 0.494 e. The lowest BCUT2D eigenvalue weighted by Gasteiger charge is -2.08. The second-order valence-electron chi connectivity index (χ2n) is 5.37. The summed E-state index contributed by atoms with van der Waals surface area (Å²) in [5.74, 6) is 0.113. The lowest BCUT2D eigenvalue weighted by atomic mass is 10.1. The Morgan fingerprint density at radius 1 is 1.20 bits per heavy atom. The van der Waals surface area contributed by atoms with E-state index >= 15 is 0 Å². The number of ether oxygens (including phenoxy) is 2. The van der Waals surface area contributed by atoms with Crippen molar-refractivity contribution in [3.05, 3.63) is 58.7 Å². The molecular formula is C19H18FNO3S. The number of halogens is 1. The maximum absolute atomic E-state index is 14.2. The van der Waals surface area contributed by atoms with Crippen LogP contribution in [0.15, 0.2) is 42.5 Å². The number of hydrogen-bond donors (Lipinski definition) is 1. The molecule has 3 aromatic rings. The number of anilines is 1. The van der Waals surface area contributed by atoms with Crippen molar-refractivity contribution in [3.63, 3.8) is 0 Å². The summed E-state index contributed by atoms with van der Waals surface area (Å²) in [6.07, 6.45) is 0. The number of amides is 1. The van der Waals surface area contributed by atoms with Crippen molar-refractivity contribution >= 4 is 33.0 Å². The minimum absolute atomic E-state index is 0.174.